The third kappa shape index (κ3) is 2.96. The van der Waals surface area contributed by atoms with Gasteiger partial charge in [-0.1, -0.05) is 84.9 Å². The van der Waals surface area contributed by atoms with Crippen LogP contribution in [0.4, 0.5) is 0 Å². The molecule has 0 aliphatic rings. The fraction of sp³-hybridized carbons (Fsp3) is 0. The molecule has 0 aliphatic heterocycles. The number of hydrogen-bond acceptors (Lipinski definition) is 2. The average molecular weight is 516 g/mol. The van der Waals surface area contributed by atoms with Crippen LogP contribution < -0.4 is 0 Å². The number of nitrogens with zero attached hydrogens (tertiary/aromatic N) is 1. The van der Waals surface area contributed by atoms with Crippen molar-refractivity contribution in [2.45, 2.75) is 0 Å². The van der Waals surface area contributed by atoms with Gasteiger partial charge < -0.3 is 8.98 Å². The minimum absolute atomic E-state index is 0.920. The van der Waals surface area contributed by atoms with Gasteiger partial charge in [0.2, 0.25) is 0 Å². The molecule has 0 radical (unpaired) electrons. The molecule has 3 heterocycles. The van der Waals surface area contributed by atoms with Gasteiger partial charge in [0.15, 0.2) is 5.58 Å². The summed E-state index contributed by atoms with van der Waals surface area (Å²) < 4.78 is 11.5. The molecule has 0 fully saturated rings. The van der Waals surface area contributed by atoms with Crippen molar-refractivity contribution in [2.75, 3.05) is 0 Å². The van der Waals surface area contributed by atoms with Gasteiger partial charge in [0, 0.05) is 47.4 Å². The van der Waals surface area contributed by atoms with E-state index in [0.29, 0.717) is 0 Å². The molecule has 0 saturated carbocycles. The summed E-state index contributed by atoms with van der Waals surface area (Å²) >= 11 is 1.86. The van der Waals surface area contributed by atoms with Crippen molar-refractivity contribution in [3.05, 3.63) is 127 Å². The molecule has 6 aromatic carbocycles. The zero-order chi connectivity index (χ0) is 25.5. The van der Waals surface area contributed by atoms with Gasteiger partial charge in [-0.05, 0) is 53.6 Å². The Hall–Kier alpha value is -4.86. The second kappa shape index (κ2) is 7.83. The van der Waals surface area contributed by atoms with E-state index >= 15 is 0 Å². The predicted octanol–water partition coefficient (Wildman–Crippen LogP) is 10.7. The highest BCUT2D eigenvalue weighted by atomic mass is 32.1. The maximum Gasteiger partial charge on any atom is 0.160 e. The molecule has 0 aliphatic carbocycles. The molecule has 2 nitrogen and oxygen atoms in total. The Labute approximate surface area is 227 Å². The lowest BCUT2D eigenvalue weighted by atomic mass is 10.0. The second-order valence-corrected chi connectivity index (χ2v) is 11.2. The van der Waals surface area contributed by atoms with E-state index in [2.05, 4.69) is 126 Å². The van der Waals surface area contributed by atoms with Crippen molar-refractivity contribution >= 4 is 75.3 Å². The highest BCUT2D eigenvalue weighted by molar-refractivity contribution is 7.25. The van der Waals surface area contributed by atoms with Crippen LogP contribution in [-0.2, 0) is 0 Å². The lowest BCUT2D eigenvalue weighted by Gasteiger charge is -2.10. The van der Waals surface area contributed by atoms with E-state index in [0.717, 1.165) is 33.1 Å². The second-order valence-electron chi connectivity index (χ2n) is 10.1. The molecule has 0 atom stereocenters. The first-order chi connectivity index (χ1) is 19.3. The fourth-order valence-electron chi connectivity index (χ4n) is 6.21. The van der Waals surface area contributed by atoms with Gasteiger partial charge in [0.1, 0.15) is 5.58 Å². The Bertz CT molecular complexity index is 2380. The molecule has 9 rings (SSSR count). The SMILES string of the molecule is c1ccc2c(c1)oc1c2ccc2c3ccccc3n(-c3ccc(-c4ccc5c(c4)sc4ccccc45)cc3)c21. The van der Waals surface area contributed by atoms with Crippen LogP contribution in [0.5, 0.6) is 0 Å². The summed E-state index contributed by atoms with van der Waals surface area (Å²) in [6.07, 6.45) is 0. The highest BCUT2D eigenvalue weighted by Gasteiger charge is 2.18. The topological polar surface area (TPSA) is 18.1 Å². The van der Waals surface area contributed by atoms with Gasteiger partial charge in [0.05, 0.1) is 11.0 Å². The average Bonchev–Trinajstić information content (AvgIpc) is 3.66. The first-order valence-electron chi connectivity index (χ1n) is 13.2. The summed E-state index contributed by atoms with van der Waals surface area (Å²) in [4.78, 5) is 0. The standard InChI is InChI=1S/C36H21NOS/c1-4-10-31-25(7-1)29-19-20-30-26-8-2-5-11-32(26)38-36(30)35(29)37(31)24-16-13-22(14-17-24)23-15-18-28-27-9-3-6-12-33(27)39-34(28)21-23/h1-21H. The molecule has 0 spiro atoms. The largest absolute Gasteiger partial charge is 0.454 e. The van der Waals surface area contributed by atoms with Crippen molar-refractivity contribution < 1.29 is 4.42 Å². The Balaban J connectivity index is 1.25. The van der Waals surface area contributed by atoms with Crippen LogP contribution in [0.2, 0.25) is 0 Å². The van der Waals surface area contributed by atoms with Crippen LogP contribution in [0.15, 0.2) is 132 Å². The maximum atomic E-state index is 6.50. The lowest BCUT2D eigenvalue weighted by molar-refractivity contribution is 0.671. The van der Waals surface area contributed by atoms with Crippen LogP contribution in [0.3, 0.4) is 0 Å². The number of para-hydroxylation sites is 2. The van der Waals surface area contributed by atoms with Gasteiger partial charge >= 0.3 is 0 Å². The number of benzene rings is 6. The zero-order valence-electron chi connectivity index (χ0n) is 20.9. The van der Waals surface area contributed by atoms with Crippen molar-refractivity contribution in [1.29, 1.82) is 0 Å². The summed E-state index contributed by atoms with van der Waals surface area (Å²) in [6, 6.07) is 45.8. The van der Waals surface area contributed by atoms with Gasteiger partial charge in [-0.3, -0.25) is 0 Å². The Morgan fingerprint density at radius 3 is 2.05 bits per heavy atom. The van der Waals surface area contributed by atoms with Crippen LogP contribution in [-0.4, -0.2) is 4.57 Å². The summed E-state index contributed by atoms with van der Waals surface area (Å²) in [7, 11) is 0. The third-order valence-electron chi connectivity index (χ3n) is 8.02. The molecule has 3 aromatic heterocycles. The third-order valence-corrected chi connectivity index (χ3v) is 9.15. The Morgan fingerprint density at radius 2 is 1.15 bits per heavy atom. The first-order valence-corrected chi connectivity index (χ1v) is 14.0. The van der Waals surface area contributed by atoms with Crippen LogP contribution in [0.1, 0.15) is 0 Å². The van der Waals surface area contributed by atoms with E-state index in [-0.39, 0.29) is 0 Å². The van der Waals surface area contributed by atoms with Gasteiger partial charge in [-0.15, -0.1) is 11.3 Å². The Kier molecular flexibility index (Phi) is 4.24. The summed E-state index contributed by atoms with van der Waals surface area (Å²) in [5.41, 5.74) is 7.73. The minimum atomic E-state index is 0.920. The van der Waals surface area contributed by atoms with Gasteiger partial charge in [-0.25, -0.2) is 0 Å². The fourth-order valence-corrected chi connectivity index (χ4v) is 7.35. The van der Waals surface area contributed by atoms with E-state index in [4.69, 9.17) is 4.42 Å². The summed E-state index contributed by atoms with van der Waals surface area (Å²) in [5.74, 6) is 0. The quantitative estimate of drug-likeness (QED) is 0.224. The molecule has 0 unspecified atom stereocenters. The van der Waals surface area contributed by atoms with E-state index in [1.807, 2.05) is 17.4 Å². The van der Waals surface area contributed by atoms with Crippen molar-refractivity contribution in [1.82, 2.24) is 4.57 Å². The number of thiophene rings is 1. The molecule has 0 bridgehead atoms. The first kappa shape index (κ1) is 21.1. The highest BCUT2D eigenvalue weighted by Crippen LogP contribution is 2.41. The van der Waals surface area contributed by atoms with Crippen LogP contribution in [0, 0.1) is 0 Å². The normalized spacial score (nSPS) is 12.1. The number of rotatable bonds is 2. The smallest absolute Gasteiger partial charge is 0.160 e. The molecule has 0 saturated heterocycles. The number of aromatic nitrogens is 1. The number of hydrogen-bond donors (Lipinski definition) is 0. The molecular weight excluding hydrogens is 494 g/mol. The Morgan fingerprint density at radius 1 is 0.487 bits per heavy atom. The molecule has 39 heavy (non-hydrogen) atoms. The van der Waals surface area contributed by atoms with Gasteiger partial charge in [0.25, 0.3) is 0 Å². The summed E-state index contributed by atoms with van der Waals surface area (Å²) in [5, 5.41) is 7.40. The lowest BCUT2D eigenvalue weighted by Crippen LogP contribution is -1.94. The van der Waals surface area contributed by atoms with Gasteiger partial charge in [-0.2, -0.15) is 0 Å². The molecule has 9 aromatic rings. The predicted molar refractivity (Wildman–Crippen MR) is 166 cm³/mol. The number of fused-ring (bicyclic) bond motifs is 10. The van der Waals surface area contributed by atoms with E-state index < -0.39 is 0 Å². The van der Waals surface area contributed by atoms with E-state index in [1.165, 1.54) is 47.6 Å². The zero-order valence-corrected chi connectivity index (χ0v) is 21.7. The molecule has 0 N–H and O–H groups in total. The molecular formula is C36H21NOS. The molecule has 3 heteroatoms. The molecule has 0 amide bonds. The van der Waals surface area contributed by atoms with E-state index in [1.54, 1.807) is 0 Å². The van der Waals surface area contributed by atoms with Crippen molar-refractivity contribution in [3.8, 4) is 16.8 Å². The summed E-state index contributed by atoms with van der Waals surface area (Å²) in [6.45, 7) is 0. The van der Waals surface area contributed by atoms with Crippen molar-refractivity contribution in [3.63, 3.8) is 0 Å². The van der Waals surface area contributed by atoms with Crippen LogP contribution >= 0.6 is 11.3 Å². The molecule has 182 valence electrons. The maximum absolute atomic E-state index is 6.50. The minimum Gasteiger partial charge on any atom is -0.454 e. The van der Waals surface area contributed by atoms with E-state index in [9.17, 15) is 0 Å². The number of furan rings is 1. The monoisotopic (exact) mass is 515 g/mol. The van der Waals surface area contributed by atoms with Crippen LogP contribution in [0.25, 0.3) is 80.7 Å². The van der Waals surface area contributed by atoms with Crippen molar-refractivity contribution in [2.24, 2.45) is 0 Å².